The number of carboxylic acid groups (broad SMARTS) is 1. The van der Waals surface area contributed by atoms with Gasteiger partial charge in [-0.25, -0.2) is 4.79 Å². The Labute approximate surface area is 185 Å². The van der Waals surface area contributed by atoms with Crippen LogP contribution in [0.4, 0.5) is 13.2 Å². The summed E-state index contributed by atoms with van der Waals surface area (Å²) in [4.78, 5) is 39.7. The molecule has 178 valence electrons. The lowest BCUT2D eigenvalue weighted by molar-refractivity contribution is -0.192. The summed E-state index contributed by atoms with van der Waals surface area (Å²) in [6.45, 7) is 4.74. The number of benzene rings is 1. The average Bonchev–Trinajstić information content (AvgIpc) is 2.97. The lowest BCUT2D eigenvalue weighted by Crippen LogP contribution is -2.54. The Hall–Kier alpha value is -2.62. The fraction of sp³-hybridized carbons (Fsp3) is 0.591. The van der Waals surface area contributed by atoms with Crippen LogP contribution >= 0.6 is 0 Å². The molecule has 2 fully saturated rings. The molecular formula is C22H30F3N3O4. The Morgan fingerprint density at radius 3 is 2.25 bits per heavy atom. The van der Waals surface area contributed by atoms with Crippen molar-refractivity contribution in [3.05, 3.63) is 35.4 Å². The average molecular weight is 457 g/mol. The van der Waals surface area contributed by atoms with Crippen molar-refractivity contribution in [3.63, 3.8) is 0 Å². The summed E-state index contributed by atoms with van der Waals surface area (Å²) in [7, 11) is 3.84. The minimum Gasteiger partial charge on any atom is -0.475 e. The highest BCUT2D eigenvalue weighted by Crippen LogP contribution is 2.40. The quantitative estimate of drug-likeness (QED) is 0.752. The second-order valence-electron chi connectivity index (χ2n) is 8.61. The second-order valence-corrected chi connectivity index (χ2v) is 8.61. The molecule has 2 aliphatic rings. The summed E-state index contributed by atoms with van der Waals surface area (Å²) in [6, 6.07) is 8.40. The third kappa shape index (κ3) is 6.69. The molecule has 2 heterocycles. The number of carboxylic acids is 1. The first kappa shape index (κ1) is 25.6. The van der Waals surface area contributed by atoms with Crippen LogP contribution in [-0.4, -0.2) is 83.0 Å². The summed E-state index contributed by atoms with van der Waals surface area (Å²) in [5, 5.41) is 7.12. The molecule has 2 amide bonds. The van der Waals surface area contributed by atoms with Gasteiger partial charge < -0.3 is 19.8 Å². The predicted octanol–water partition coefficient (Wildman–Crippen LogP) is 2.67. The molecule has 10 heteroatoms. The molecule has 1 N–H and O–H groups in total. The van der Waals surface area contributed by atoms with Crippen LogP contribution in [0.1, 0.15) is 36.8 Å². The summed E-state index contributed by atoms with van der Waals surface area (Å²) < 4.78 is 31.7. The van der Waals surface area contributed by atoms with Crippen LogP contribution in [0, 0.1) is 6.92 Å². The first-order chi connectivity index (χ1) is 14.8. The summed E-state index contributed by atoms with van der Waals surface area (Å²) >= 11 is 0. The van der Waals surface area contributed by atoms with Crippen LogP contribution < -0.4 is 0 Å². The molecule has 1 spiro atoms. The molecule has 0 saturated carbocycles. The van der Waals surface area contributed by atoms with Gasteiger partial charge in [0, 0.05) is 31.6 Å². The summed E-state index contributed by atoms with van der Waals surface area (Å²) in [5.41, 5.74) is 2.36. The molecular weight excluding hydrogens is 427 g/mol. The molecule has 7 nitrogen and oxygen atoms in total. The van der Waals surface area contributed by atoms with Crippen molar-refractivity contribution in [3.8, 4) is 0 Å². The van der Waals surface area contributed by atoms with Crippen molar-refractivity contribution < 1.29 is 32.7 Å². The zero-order valence-corrected chi connectivity index (χ0v) is 18.6. The number of alkyl halides is 3. The van der Waals surface area contributed by atoms with Crippen LogP contribution in [0.3, 0.4) is 0 Å². The number of amides is 2. The molecule has 3 rings (SSSR count). The number of hydrogen-bond acceptors (Lipinski definition) is 4. The number of carbonyl (C=O) groups excluding carboxylic acids is 2. The van der Waals surface area contributed by atoms with Gasteiger partial charge in [0.1, 0.15) is 0 Å². The normalized spacial score (nSPS) is 18.0. The van der Waals surface area contributed by atoms with Crippen LogP contribution in [-0.2, 0) is 20.9 Å². The van der Waals surface area contributed by atoms with Crippen molar-refractivity contribution in [1.82, 2.24) is 14.7 Å². The number of carbonyl (C=O) groups is 3. The Morgan fingerprint density at radius 2 is 1.75 bits per heavy atom. The number of nitrogens with zero attached hydrogens (tertiary/aromatic N) is 3. The predicted molar refractivity (Wildman–Crippen MR) is 112 cm³/mol. The van der Waals surface area contributed by atoms with Crippen LogP contribution in [0.15, 0.2) is 24.3 Å². The first-order valence-corrected chi connectivity index (χ1v) is 10.4. The number of rotatable bonds is 4. The molecule has 0 atom stereocenters. The van der Waals surface area contributed by atoms with Crippen LogP contribution in [0.2, 0.25) is 0 Å². The van der Waals surface area contributed by atoms with E-state index in [4.69, 9.17) is 9.90 Å². The molecule has 0 aliphatic carbocycles. The number of aryl methyl sites for hydroxylation is 1. The maximum absolute atomic E-state index is 12.5. The second kappa shape index (κ2) is 10.3. The summed E-state index contributed by atoms with van der Waals surface area (Å²) in [6.07, 6.45) is -1.74. The number of hydrogen-bond donors (Lipinski definition) is 1. The monoisotopic (exact) mass is 457 g/mol. The number of halogens is 3. The van der Waals surface area contributed by atoms with E-state index in [2.05, 4.69) is 36.1 Å². The Balaban J connectivity index is 0.000000451. The molecule has 0 aromatic heterocycles. The molecule has 2 saturated heterocycles. The minimum absolute atomic E-state index is 0.0598. The zero-order valence-electron chi connectivity index (χ0n) is 18.6. The van der Waals surface area contributed by atoms with Gasteiger partial charge in [-0.05, 0) is 45.8 Å². The van der Waals surface area contributed by atoms with Gasteiger partial charge in [0.2, 0.25) is 11.8 Å². The fourth-order valence-electron chi connectivity index (χ4n) is 4.19. The third-order valence-electron chi connectivity index (χ3n) is 5.84. The standard InChI is InChI=1S/C20H29N3O2.C2HF3O2/c1-16-5-4-6-17(13-16)14-23-18(24)7-8-20(23)9-11-22(12-10-20)19(25)15-21(2)3;3-2(4,5)1(6)7/h4-6,13H,7-12,14-15H2,1-3H3;(H,6,7). The number of aliphatic carboxylic acids is 1. The van der Waals surface area contributed by atoms with Crippen molar-refractivity contribution in [1.29, 1.82) is 0 Å². The van der Waals surface area contributed by atoms with Gasteiger partial charge in [-0.3, -0.25) is 9.59 Å². The maximum atomic E-state index is 12.5. The molecule has 0 radical (unpaired) electrons. The maximum Gasteiger partial charge on any atom is 0.490 e. The number of likely N-dealkylation sites (N-methyl/N-ethyl adjacent to an activating group) is 1. The van der Waals surface area contributed by atoms with Gasteiger partial charge in [0.25, 0.3) is 0 Å². The van der Waals surface area contributed by atoms with Crippen molar-refractivity contribution >= 4 is 17.8 Å². The number of piperidine rings is 1. The van der Waals surface area contributed by atoms with E-state index in [1.54, 1.807) is 0 Å². The highest BCUT2D eigenvalue weighted by Gasteiger charge is 2.47. The Kier molecular flexibility index (Phi) is 8.28. The van der Waals surface area contributed by atoms with Crippen LogP contribution in [0.5, 0.6) is 0 Å². The van der Waals surface area contributed by atoms with Crippen molar-refractivity contribution in [2.75, 3.05) is 33.7 Å². The summed E-state index contributed by atoms with van der Waals surface area (Å²) in [5.74, 6) is -2.31. The topological polar surface area (TPSA) is 81.2 Å². The molecule has 0 bridgehead atoms. The Bertz CT molecular complexity index is 834. The van der Waals surface area contributed by atoms with E-state index in [0.717, 1.165) is 32.4 Å². The van der Waals surface area contributed by atoms with E-state index in [1.807, 2.05) is 23.9 Å². The highest BCUT2D eigenvalue weighted by molar-refractivity contribution is 5.80. The molecule has 32 heavy (non-hydrogen) atoms. The van der Waals surface area contributed by atoms with E-state index in [0.29, 0.717) is 19.5 Å². The van der Waals surface area contributed by atoms with E-state index < -0.39 is 12.1 Å². The first-order valence-electron chi connectivity index (χ1n) is 10.4. The fourth-order valence-corrected chi connectivity index (χ4v) is 4.19. The third-order valence-corrected chi connectivity index (χ3v) is 5.84. The van der Waals surface area contributed by atoms with Crippen LogP contribution in [0.25, 0.3) is 0 Å². The molecule has 1 aromatic rings. The lowest BCUT2D eigenvalue weighted by atomic mass is 9.84. The van der Waals surface area contributed by atoms with Gasteiger partial charge in [0.05, 0.1) is 6.54 Å². The molecule has 1 aromatic carbocycles. The molecule has 2 aliphatic heterocycles. The van der Waals surface area contributed by atoms with Gasteiger partial charge in [0.15, 0.2) is 0 Å². The van der Waals surface area contributed by atoms with Gasteiger partial charge >= 0.3 is 12.1 Å². The number of likely N-dealkylation sites (tertiary alicyclic amines) is 2. The van der Waals surface area contributed by atoms with Gasteiger partial charge in [-0.2, -0.15) is 13.2 Å². The van der Waals surface area contributed by atoms with Crippen molar-refractivity contribution in [2.24, 2.45) is 0 Å². The minimum atomic E-state index is -5.08. The van der Waals surface area contributed by atoms with E-state index in [9.17, 15) is 22.8 Å². The van der Waals surface area contributed by atoms with E-state index in [-0.39, 0.29) is 17.4 Å². The van der Waals surface area contributed by atoms with Gasteiger partial charge in [-0.15, -0.1) is 0 Å². The largest absolute Gasteiger partial charge is 0.490 e. The SMILES string of the molecule is Cc1cccc(CN2C(=O)CCC23CCN(C(=O)CN(C)C)CC3)c1.O=C(O)C(F)(F)F. The highest BCUT2D eigenvalue weighted by atomic mass is 19.4. The van der Waals surface area contributed by atoms with E-state index in [1.165, 1.54) is 11.1 Å². The van der Waals surface area contributed by atoms with E-state index >= 15 is 0 Å². The Morgan fingerprint density at radius 1 is 1.16 bits per heavy atom. The lowest BCUT2D eigenvalue weighted by Gasteiger charge is -2.45. The van der Waals surface area contributed by atoms with Crippen molar-refractivity contribution in [2.45, 2.75) is 50.9 Å². The smallest absolute Gasteiger partial charge is 0.475 e. The van der Waals surface area contributed by atoms with Gasteiger partial charge in [-0.1, -0.05) is 29.8 Å². The zero-order chi connectivity index (χ0) is 24.1. The molecule has 0 unspecified atom stereocenters.